The first kappa shape index (κ1) is 16.6. The molecule has 0 aromatic heterocycles. The minimum atomic E-state index is -0.214. The van der Waals surface area contributed by atoms with E-state index in [0.717, 1.165) is 11.3 Å². The second kappa shape index (κ2) is 7.18. The van der Waals surface area contributed by atoms with Crippen LogP contribution in [0.25, 0.3) is 0 Å². The number of carbonyl (C=O) groups is 2. The lowest BCUT2D eigenvalue weighted by atomic mass is 10.1. The number of rotatable bonds is 5. The monoisotopic (exact) mass is 359 g/mol. The molecule has 0 aliphatic carbocycles. The molecule has 0 saturated heterocycles. The molecule has 0 unspecified atom stereocenters. The summed E-state index contributed by atoms with van der Waals surface area (Å²) in [6.07, 6.45) is 0. The highest BCUT2D eigenvalue weighted by molar-refractivity contribution is 7.98. The van der Waals surface area contributed by atoms with Crippen LogP contribution >= 0.6 is 11.8 Å². The van der Waals surface area contributed by atoms with Crippen molar-refractivity contribution in [1.82, 2.24) is 4.90 Å². The topological polar surface area (TPSA) is 37.4 Å². The molecule has 0 bridgehead atoms. The van der Waals surface area contributed by atoms with Gasteiger partial charge < -0.3 is 0 Å². The fourth-order valence-corrected chi connectivity index (χ4v) is 3.86. The van der Waals surface area contributed by atoms with Gasteiger partial charge in [0.25, 0.3) is 11.8 Å². The highest BCUT2D eigenvalue weighted by atomic mass is 32.2. The van der Waals surface area contributed by atoms with Crippen LogP contribution in [0.1, 0.15) is 31.8 Å². The quantitative estimate of drug-likeness (QED) is 0.486. The smallest absolute Gasteiger partial charge is 0.261 e. The van der Waals surface area contributed by atoms with Gasteiger partial charge in [0.2, 0.25) is 0 Å². The number of benzene rings is 3. The van der Waals surface area contributed by atoms with Gasteiger partial charge in [0, 0.05) is 10.6 Å². The van der Waals surface area contributed by atoms with Gasteiger partial charge in [-0.15, -0.1) is 11.8 Å². The van der Waals surface area contributed by atoms with Crippen molar-refractivity contribution in [2.75, 3.05) is 0 Å². The first-order chi connectivity index (χ1) is 12.7. The van der Waals surface area contributed by atoms with Gasteiger partial charge in [0.1, 0.15) is 0 Å². The van der Waals surface area contributed by atoms with Crippen molar-refractivity contribution in [3.63, 3.8) is 0 Å². The Morgan fingerprint density at radius 3 is 1.81 bits per heavy atom. The lowest BCUT2D eigenvalue weighted by molar-refractivity contribution is 0.0642. The average molecular weight is 359 g/mol. The number of imide groups is 1. The zero-order valence-electron chi connectivity index (χ0n) is 14.1. The van der Waals surface area contributed by atoms with Crippen LogP contribution in [0.5, 0.6) is 0 Å². The fraction of sp³-hybridized carbons (Fsp3) is 0.0909. The molecule has 2 amide bonds. The Balaban J connectivity index is 1.42. The molecule has 4 rings (SSSR count). The SMILES string of the molecule is O=C1c2ccccc2C(=O)N1Cc1ccc(CSc2ccccc2)cc1. The molecule has 0 fully saturated rings. The summed E-state index contributed by atoms with van der Waals surface area (Å²) in [6.45, 7) is 0.304. The van der Waals surface area contributed by atoms with Crippen LogP contribution in [-0.4, -0.2) is 16.7 Å². The molecule has 1 aliphatic heterocycles. The highest BCUT2D eigenvalue weighted by Crippen LogP contribution is 2.25. The fourth-order valence-electron chi connectivity index (χ4n) is 2.99. The highest BCUT2D eigenvalue weighted by Gasteiger charge is 2.34. The van der Waals surface area contributed by atoms with Crippen molar-refractivity contribution in [2.45, 2.75) is 17.2 Å². The summed E-state index contributed by atoms with van der Waals surface area (Å²) in [6, 6.07) is 25.4. The first-order valence-corrected chi connectivity index (χ1v) is 9.42. The summed E-state index contributed by atoms with van der Waals surface area (Å²) < 4.78 is 0. The van der Waals surface area contributed by atoms with Crippen molar-refractivity contribution < 1.29 is 9.59 Å². The number of nitrogens with zero attached hydrogens (tertiary/aromatic N) is 1. The molecule has 0 saturated carbocycles. The molecule has 128 valence electrons. The molecule has 3 nitrogen and oxygen atoms in total. The maximum absolute atomic E-state index is 12.4. The van der Waals surface area contributed by atoms with Crippen LogP contribution < -0.4 is 0 Å². The van der Waals surface area contributed by atoms with Crippen molar-refractivity contribution in [1.29, 1.82) is 0 Å². The van der Waals surface area contributed by atoms with Gasteiger partial charge in [-0.1, -0.05) is 54.6 Å². The number of thioether (sulfide) groups is 1. The summed E-state index contributed by atoms with van der Waals surface area (Å²) in [5.74, 6) is 0.459. The molecule has 0 atom stereocenters. The van der Waals surface area contributed by atoms with Gasteiger partial charge in [-0.25, -0.2) is 0 Å². The van der Waals surface area contributed by atoms with Gasteiger partial charge in [0.15, 0.2) is 0 Å². The van der Waals surface area contributed by atoms with Gasteiger partial charge in [0.05, 0.1) is 17.7 Å². The van der Waals surface area contributed by atoms with Crippen LogP contribution in [0.3, 0.4) is 0 Å². The lowest BCUT2D eigenvalue weighted by Crippen LogP contribution is -2.29. The molecular weight excluding hydrogens is 342 g/mol. The summed E-state index contributed by atoms with van der Waals surface area (Å²) in [5.41, 5.74) is 3.15. The van der Waals surface area contributed by atoms with Crippen molar-refractivity contribution in [2.24, 2.45) is 0 Å². The van der Waals surface area contributed by atoms with E-state index in [2.05, 4.69) is 24.3 Å². The third kappa shape index (κ3) is 3.28. The minimum absolute atomic E-state index is 0.214. The predicted octanol–water partition coefficient (Wildman–Crippen LogP) is 4.78. The second-order valence-corrected chi connectivity index (χ2v) is 7.21. The molecule has 0 N–H and O–H groups in total. The third-order valence-corrected chi connectivity index (χ3v) is 5.47. The Hall–Kier alpha value is -2.85. The van der Waals surface area contributed by atoms with E-state index in [1.807, 2.05) is 30.3 Å². The Bertz CT molecular complexity index is 916. The van der Waals surface area contributed by atoms with Crippen molar-refractivity contribution in [3.8, 4) is 0 Å². The summed E-state index contributed by atoms with van der Waals surface area (Å²) in [7, 11) is 0. The average Bonchev–Trinajstić information content (AvgIpc) is 2.93. The van der Waals surface area contributed by atoms with Gasteiger partial charge in [-0.05, 0) is 35.4 Å². The Labute approximate surface area is 156 Å². The van der Waals surface area contributed by atoms with E-state index in [1.165, 1.54) is 15.4 Å². The number of fused-ring (bicyclic) bond motifs is 1. The van der Waals surface area contributed by atoms with Crippen LogP contribution in [0, 0.1) is 0 Å². The standard InChI is InChI=1S/C22H17NO2S/c24-21-19-8-4-5-9-20(19)22(25)23(21)14-16-10-12-17(13-11-16)15-26-18-6-2-1-3-7-18/h1-13H,14-15H2. The molecule has 4 heteroatoms. The molecule has 1 aliphatic rings. The molecule has 0 radical (unpaired) electrons. The molecule has 0 spiro atoms. The summed E-state index contributed by atoms with van der Waals surface area (Å²) >= 11 is 1.79. The maximum atomic E-state index is 12.4. The number of hydrogen-bond donors (Lipinski definition) is 0. The number of hydrogen-bond acceptors (Lipinski definition) is 3. The zero-order chi connectivity index (χ0) is 17.9. The van der Waals surface area contributed by atoms with Gasteiger partial charge >= 0.3 is 0 Å². The predicted molar refractivity (Wildman–Crippen MR) is 103 cm³/mol. The molecule has 1 heterocycles. The van der Waals surface area contributed by atoms with Crippen LogP contribution in [0.2, 0.25) is 0 Å². The van der Waals surface area contributed by atoms with E-state index in [0.29, 0.717) is 17.7 Å². The molecule has 3 aromatic carbocycles. The van der Waals surface area contributed by atoms with E-state index in [1.54, 1.807) is 36.0 Å². The van der Waals surface area contributed by atoms with E-state index in [-0.39, 0.29) is 11.8 Å². The Morgan fingerprint density at radius 2 is 1.19 bits per heavy atom. The number of carbonyl (C=O) groups excluding carboxylic acids is 2. The maximum Gasteiger partial charge on any atom is 0.261 e. The Morgan fingerprint density at radius 1 is 0.654 bits per heavy atom. The zero-order valence-corrected chi connectivity index (χ0v) is 14.9. The summed E-state index contributed by atoms with van der Waals surface area (Å²) in [4.78, 5) is 27.4. The van der Waals surface area contributed by atoms with Crippen molar-refractivity contribution in [3.05, 3.63) is 101 Å². The van der Waals surface area contributed by atoms with Gasteiger partial charge in [-0.2, -0.15) is 0 Å². The largest absolute Gasteiger partial charge is 0.270 e. The lowest BCUT2D eigenvalue weighted by Gasteiger charge is -2.14. The molecular formula is C22H17NO2S. The minimum Gasteiger partial charge on any atom is -0.270 e. The molecule has 26 heavy (non-hydrogen) atoms. The third-order valence-electron chi connectivity index (χ3n) is 4.39. The second-order valence-electron chi connectivity index (χ2n) is 6.16. The van der Waals surface area contributed by atoms with E-state index >= 15 is 0 Å². The number of amides is 2. The van der Waals surface area contributed by atoms with E-state index in [9.17, 15) is 9.59 Å². The molecule has 3 aromatic rings. The first-order valence-electron chi connectivity index (χ1n) is 8.43. The van der Waals surface area contributed by atoms with Crippen molar-refractivity contribution >= 4 is 23.6 Å². The summed E-state index contributed by atoms with van der Waals surface area (Å²) in [5, 5.41) is 0. The van der Waals surface area contributed by atoms with Crippen LogP contribution in [0.15, 0.2) is 83.8 Å². The normalized spacial score (nSPS) is 13.2. The van der Waals surface area contributed by atoms with Crippen LogP contribution in [-0.2, 0) is 12.3 Å². The van der Waals surface area contributed by atoms with E-state index in [4.69, 9.17) is 0 Å². The van der Waals surface area contributed by atoms with Gasteiger partial charge in [-0.3, -0.25) is 14.5 Å². The van der Waals surface area contributed by atoms with E-state index < -0.39 is 0 Å². The Kier molecular flexibility index (Phi) is 4.59. The van der Waals surface area contributed by atoms with Crippen LogP contribution in [0.4, 0.5) is 0 Å².